The number of benzene rings is 1. The number of aromatic nitrogens is 3. The van der Waals surface area contributed by atoms with Crippen molar-refractivity contribution in [1.29, 1.82) is 0 Å². The fourth-order valence-electron chi connectivity index (χ4n) is 3.48. The third-order valence-corrected chi connectivity index (χ3v) is 5.08. The van der Waals surface area contributed by atoms with E-state index in [1.807, 2.05) is 23.1 Å². The normalized spacial score (nSPS) is 22.8. The zero-order valence-electron chi connectivity index (χ0n) is 13.1. The van der Waals surface area contributed by atoms with Crippen molar-refractivity contribution in [2.75, 3.05) is 6.54 Å². The molecule has 1 aromatic heterocycles. The molecule has 0 bridgehead atoms. The minimum atomic E-state index is 0.0913. The van der Waals surface area contributed by atoms with E-state index in [1.54, 1.807) is 0 Å². The molecule has 23 heavy (non-hydrogen) atoms. The SMILES string of the molecule is CCc1nnc2n1CCN(C(=O)[C@H]1C[C@H]1c1cccc(Cl)c1)C2. The molecule has 5 nitrogen and oxygen atoms in total. The van der Waals surface area contributed by atoms with E-state index in [1.165, 1.54) is 5.56 Å². The first-order valence-corrected chi connectivity index (χ1v) is 8.50. The van der Waals surface area contributed by atoms with Crippen LogP contribution in [0.3, 0.4) is 0 Å². The number of amides is 1. The molecule has 1 fully saturated rings. The van der Waals surface area contributed by atoms with Gasteiger partial charge in [0.15, 0.2) is 5.82 Å². The van der Waals surface area contributed by atoms with E-state index in [2.05, 4.69) is 27.8 Å². The van der Waals surface area contributed by atoms with Gasteiger partial charge in [-0.3, -0.25) is 4.79 Å². The van der Waals surface area contributed by atoms with Crippen molar-refractivity contribution in [3.63, 3.8) is 0 Å². The maximum atomic E-state index is 12.8. The zero-order chi connectivity index (χ0) is 16.0. The molecule has 2 atom stereocenters. The summed E-state index contributed by atoms with van der Waals surface area (Å²) in [7, 11) is 0. The van der Waals surface area contributed by atoms with Crippen LogP contribution in [0.4, 0.5) is 0 Å². The summed E-state index contributed by atoms with van der Waals surface area (Å²) in [6.07, 6.45) is 1.79. The van der Waals surface area contributed by atoms with Crippen LogP contribution in [0.25, 0.3) is 0 Å². The van der Waals surface area contributed by atoms with E-state index >= 15 is 0 Å². The average Bonchev–Trinajstić information content (AvgIpc) is 3.26. The van der Waals surface area contributed by atoms with Gasteiger partial charge in [-0.15, -0.1) is 10.2 Å². The highest BCUT2D eigenvalue weighted by Crippen LogP contribution is 2.49. The van der Waals surface area contributed by atoms with Gasteiger partial charge in [-0.2, -0.15) is 0 Å². The maximum Gasteiger partial charge on any atom is 0.226 e. The average molecular weight is 331 g/mol. The quantitative estimate of drug-likeness (QED) is 0.869. The molecule has 120 valence electrons. The first kappa shape index (κ1) is 14.7. The molecule has 0 radical (unpaired) electrons. The largest absolute Gasteiger partial charge is 0.333 e. The number of fused-ring (bicyclic) bond motifs is 1. The predicted molar refractivity (Wildman–Crippen MR) is 87.1 cm³/mol. The second-order valence-corrected chi connectivity index (χ2v) is 6.74. The standard InChI is InChI=1S/C17H19ClN4O/c1-2-15-19-20-16-10-21(6-7-22(15)16)17(23)14-9-13(14)11-4-3-5-12(18)8-11/h3-5,8,13-14H,2,6-7,9-10H2,1H3/t13-,14-/m0/s1. The summed E-state index contributed by atoms with van der Waals surface area (Å²) in [4.78, 5) is 14.7. The molecule has 1 aliphatic carbocycles. The predicted octanol–water partition coefficient (Wildman–Crippen LogP) is 2.64. The molecule has 0 N–H and O–H groups in total. The van der Waals surface area contributed by atoms with Crippen molar-refractivity contribution in [3.8, 4) is 0 Å². The van der Waals surface area contributed by atoms with Crippen LogP contribution in [0.2, 0.25) is 5.02 Å². The van der Waals surface area contributed by atoms with E-state index in [9.17, 15) is 4.79 Å². The Bertz CT molecular complexity index is 757. The van der Waals surface area contributed by atoms with Crippen molar-refractivity contribution in [1.82, 2.24) is 19.7 Å². The van der Waals surface area contributed by atoms with Crippen molar-refractivity contribution in [3.05, 3.63) is 46.5 Å². The molecular weight excluding hydrogens is 312 g/mol. The molecule has 1 aliphatic heterocycles. The summed E-state index contributed by atoms with van der Waals surface area (Å²) in [5.74, 6) is 2.56. The topological polar surface area (TPSA) is 51.0 Å². The minimum absolute atomic E-state index is 0.0913. The van der Waals surface area contributed by atoms with Crippen molar-refractivity contribution >= 4 is 17.5 Å². The number of hydrogen-bond acceptors (Lipinski definition) is 3. The lowest BCUT2D eigenvalue weighted by Crippen LogP contribution is -2.39. The van der Waals surface area contributed by atoms with E-state index in [4.69, 9.17) is 11.6 Å². The molecule has 0 spiro atoms. The molecule has 0 saturated heterocycles. The third kappa shape index (κ3) is 2.63. The maximum absolute atomic E-state index is 12.8. The van der Waals surface area contributed by atoms with Gasteiger partial charge in [0, 0.05) is 30.5 Å². The zero-order valence-corrected chi connectivity index (χ0v) is 13.8. The minimum Gasteiger partial charge on any atom is -0.333 e. The Kier molecular flexibility index (Phi) is 3.60. The van der Waals surface area contributed by atoms with Crippen LogP contribution in [-0.4, -0.2) is 32.1 Å². The molecule has 0 unspecified atom stereocenters. The van der Waals surface area contributed by atoms with Gasteiger partial charge >= 0.3 is 0 Å². The monoisotopic (exact) mass is 330 g/mol. The van der Waals surface area contributed by atoms with E-state index < -0.39 is 0 Å². The molecule has 4 rings (SSSR count). The second-order valence-electron chi connectivity index (χ2n) is 6.30. The number of nitrogens with zero attached hydrogens (tertiary/aromatic N) is 4. The number of carbonyl (C=O) groups is 1. The summed E-state index contributed by atoms with van der Waals surface area (Å²) in [5, 5.41) is 9.17. The van der Waals surface area contributed by atoms with Gasteiger partial charge in [0.05, 0.1) is 6.54 Å². The van der Waals surface area contributed by atoms with Crippen LogP contribution in [0, 0.1) is 5.92 Å². The number of carbonyl (C=O) groups excluding carboxylic acids is 1. The molecular formula is C17H19ClN4O. The van der Waals surface area contributed by atoms with Gasteiger partial charge in [-0.1, -0.05) is 30.7 Å². The van der Waals surface area contributed by atoms with Gasteiger partial charge in [0.25, 0.3) is 0 Å². The molecule has 6 heteroatoms. The number of rotatable bonds is 3. The Morgan fingerprint density at radius 3 is 3.00 bits per heavy atom. The molecule has 1 aromatic carbocycles. The van der Waals surface area contributed by atoms with E-state index in [0.29, 0.717) is 12.5 Å². The van der Waals surface area contributed by atoms with Crippen LogP contribution in [0.1, 0.15) is 36.5 Å². The van der Waals surface area contributed by atoms with Gasteiger partial charge in [-0.05, 0) is 30.0 Å². The number of halogens is 1. The number of hydrogen-bond donors (Lipinski definition) is 0. The first-order valence-electron chi connectivity index (χ1n) is 8.12. The smallest absolute Gasteiger partial charge is 0.226 e. The lowest BCUT2D eigenvalue weighted by molar-refractivity contribution is -0.134. The van der Waals surface area contributed by atoms with Gasteiger partial charge in [-0.25, -0.2) is 0 Å². The Morgan fingerprint density at radius 1 is 1.35 bits per heavy atom. The fraction of sp³-hybridized carbons (Fsp3) is 0.471. The highest BCUT2D eigenvalue weighted by Gasteiger charge is 2.46. The van der Waals surface area contributed by atoms with Gasteiger partial charge in [0.1, 0.15) is 5.82 Å². The van der Waals surface area contributed by atoms with Crippen molar-refractivity contribution in [2.24, 2.45) is 5.92 Å². The Morgan fingerprint density at radius 2 is 2.22 bits per heavy atom. The second kappa shape index (κ2) is 5.64. The fourth-order valence-corrected chi connectivity index (χ4v) is 3.67. The summed E-state index contributed by atoms with van der Waals surface area (Å²) in [6, 6.07) is 7.85. The molecule has 1 saturated carbocycles. The number of aryl methyl sites for hydroxylation is 1. The van der Waals surface area contributed by atoms with Crippen LogP contribution in [0.5, 0.6) is 0 Å². The Labute approximate surface area is 140 Å². The van der Waals surface area contributed by atoms with Crippen LogP contribution in [0.15, 0.2) is 24.3 Å². The summed E-state index contributed by atoms with van der Waals surface area (Å²) in [6.45, 7) is 4.20. The molecule has 1 amide bonds. The lowest BCUT2D eigenvalue weighted by atomic mass is 10.1. The van der Waals surface area contributed by atoms with Crippen molar-refractivity contribution < 1.29 is 4.79 Å². The summed E-state index contributed by atoms with van der Waals surface area (Å²) in [5.41, 5.74) is 1.17. The summed E-state index contributed by atoms with van der Waals surface area (Å²) < 4.78 is 2.14. The molecule has 2 aromatic rings. The van der Waals surface area contributed by atoms with Gasteiger partial charge < -0.3 is 9.47 Å². The van der Waals surface area contributed by atoms with E-state index in [0.717, 1.165) is 42.6 Å². The first-order chi connectivity index (χ1) is 11.2. The van der Waals surface area contributed by atoms with Gasteiger partial charge in [0.2, 0.25) is 5.91 Å². The molecule has 2 heterocycles. The van der Waals surface area contributed by atoms with Crippen LogP contribution in [-0.2, 0) is 24.3 Å². The van der Waals surface area contributed by atoms with E-state index in [-0.39, 0.29) is 11.8 Å². The van der Waals surface area contributed by atoms with Crippen LogP contribution >= 0.6 is 11.6 Å². The Balaban J connectivity index is 1.45. The highest BCUT2D eigenvalue weighted by atomic mass is 35.5. The Hall–Kier alpha value is -1.88. The lowest BCUT2D eigenvalue weighted by Gasteiger charge is -2.28. The van der Waals surface area contributed by atoms with Crippen molar-refractivity contribution in [2.45, 2.75) is 38.8 Å². The third-order valence-electron chi connectivity index (χ3n) is 4.84. The van der Waals surface area contributed by atoms with Crippen LogP contribution < -0.4 is 0 Å². The summed E-state index contributed by atoms with van der Waals surface area (Å²) >= 11 is 6.05. The molecule has 2 aliphatic rings. The highest BCUT2D eigenvalue weighted by molar-refractivity contribution is 6.30.